The van der Waals surface area contributed by atoms with E-state index in [-0.39, 0.29) is 24.3 Å². The lowest BCUT2D eigenvalue weighted by Gasteiger charge is -2.39. The van der Waals surface area contributed by atoms with Crippen LogP contribution in [0.25, 0.3) is 10.9 Å². The number of hydrogen-bond acceptors (Lipinski definition) is 5. The molecule has 2 unspecified atom stereocenters. The van der Waals surface area contributed by atoms with Crippen molar-refractivity contribution in [2.24, 2.45) is 0 Å². The summed E-state index contributed by atoms with van der Waals surface area (Å²) in [6, 6.07) is 11.1. The number of benzene rings is 2. The number of H-pyrrole nitrogens is 1. The highest BCUT2D eigenvalue weighted by molar-refractivity contribution is 6.35. The fourth-order valence-electron chi connectivity index (χ4n) is 5.37. The van der Waals surface area contributed by atoms with Crippen LogP contribution in [0.15, 0.2) is 48.7 Å². The highest BCUT2D eigenvalue weighted by Gasteiger charge is 2.35. The zero-order valence-corrected chi connectivity index (χ0v) is 24.8. The fraction of sp³-hybridized carbons (Fsp3) is 0.419. The monoisotopic (exact) mass is 593 g/mol. The summed E-state index contributed by atoms with van der Waals surface area (Å²) in [6.07, 6.45) is 3.98. The number of nitrogens with one attached hydrogen (secondary N) is 3. The molecule has 11 heteroatoms. The lowest BCUT2D eigenvalue weighted by Crippen LogP contribution is -2.61. The topological polar surface area (TPSA) is 124 Å². The summed E-state index contributed by atoms with van der Waals surface area (Å²) in [5, 5.41) is 7.47. The Kier molecular flexibility index (Phi) is 8.45. The minimum atomic E-state index is -0.669. The Balaban J connectivity index is 1.31. The van der Waals surface area contributed by atoms with Crippen LogP contribution in [0.3, 0.4) is 0 Å². The molecule has 5 rings (SSSR count). The molecule has 222 valence electrons. The number of aromatic nitrogens is 1. The zero-order valence-electron chi connectivity index (χ0n) is 24.0. The lowest BCUT2D eigenvalue weighted by atomic mass is 9.98. The van der Waals surface area contributed by atoms with Gasteiger partial charge in [-0.3, -0.25) is 14.4 Å². The predicted molar refractivity (Wildman–Crippen MR) is 161 cm³/mol. The molecular formula is C31H36ClN5O5. The number of likely N-dealkylation sites (tertiary alicyclic amines) is 1. The molecule has 3 heterocycles. The average molecular weight is 594 g/mol. The van der Waals surface area contributed by atoms with Gasteiger partial charge in [-0.05, 0) is 76.4 Å². The molecule has 3 aromatic rings. The summed E-state index contributed by atoms with van der Waals surface area (Å²) >= 11 is 6.18. The molecule has 2 saturated heterocycles. The summed E-state index contributed by atoms with van der Waals surface area (Å²) in [5.41, 5.74) is 1.69. The molecule has 2 aromatic carbocycles. The van der Waals surface area contributed by atoms with E-state index in [1.807, 2.05) is 0 Å². The first-order valence-corrected chi connectivity index (χ1v) is 14.6. The minimum absolute atomic E-state index is 0.0833. The smallest absolute Gasteiger partial charge is 0.410 e. The third-order valence-corrected chi connectivity index (χ3v) is 7.87. The minimum Gasteiger partial charge on any atom is -0.444 e. The molecule has 0 spiro atoms. The van der Waals surface area contributed by atoms with Gasteiger partial charge in [0.25, 0.3) is 11.8 Å². The van der Waals surface area contributed by atoms with Gasteiger partial charge in [0, 0.05) is 60.0 Å². The second-order valence-corrected chi connectivity index (χ2v) is 12.2. The quantitative estimate of drug-likeness (QED) is 0.389. The Bertz CT molecular complexity index is 1500. The second kappa shape index (κ2) is 12.1. The third kappa shape index (κ3) is 6.70. The Labute approximate surface area is 249 Å². The van der Waals surface area contributed by atoms with Crippen molar-refractivity contribution in [3.05, 3.63) is 64.8 Å². The number of piperidine rings is 2. The maximum absolute atomic E-state index is 13.4. The van der Waals surface area contributed by atoms with E-state index in [0.717, 1.165) is 29.4 Å². The number of halogens is 1. The summed E-state index contributed by atoms with van der Waals surface area (Å²) in [6.45, 7) is 6.58. The SMILES string of the molecule is CC(C)(C)OC(=O)N1CCC(NC(=O)c2ccc3c(Cl)c[nH]c3c2)C(NC(=O)c2ccc(N3CCCCC3=O)cc2)C1. The molecule has 0 aliphatic carbocycles. The normalized spacial score (nSPS) is 19.5. The lowest BCUT2D eigenvalue weighted by molar-refractivity contribution is -0.119. The van der Waals surface area contributed by atoms with Gasteiger partial charge in [-0.2, -0.15) is 0 Å². The highest BCUT2D eigenvalue weighted by Crippen LogP contribution is 2.25. The van der Waals surface area contributed by atoms with E-state index < -0.39 is 23.8 Å². The van der Waals surface area contributed by atoms with Crippen molar-refractivity contribution in [1.29, 1.82) is 0 Å². The van der Waals surface area contributed by atoms with Crippen LogP contribution >= 0.6 is 11.6 Å². The number of anilines is 1. The number of amides is 4. The van der Waals surface area contributed by atoms with Crippen LogP contribution in [0, 0.1) is 0 Å². The first kappa shape index (κ1) is 29.4. The van der Waals surface area contributed by atoms with Gasteiger partial charge in [0.15, 0.2) is 0 Å². The third-order valence-electron chi connectivity index (χ3n) is 7.56. The Morgan fingerprint density at radius 1 is 0.952 bits per heavy atom. The number of ether oxygens (including phenoxy) is 1. The van der Waals surface area contributed by atoms with Crippen molar-refractivity contribution in [1.82, 2.24) is 20.5 Å². The Hall–Kier alpha value is -4.05. The largest absolute Gasteiger partial charge is 0.444 e. The molecule has 42 heavy (non-hydrogen) atoms. The van der Waals surface area contributed by atoms with Crippen LogP contribution in [-0.2, 0) is 9.53 Å². The van der Waals surface area contributed by atoms with Crippen LogP contribution in [0.1, 0.15) is 67.2 Å². The number of fused-ring (bicyclic) bond motifs is 1. The molecule has 4 amide bonds. The number of aromatic amines is 1. The van der Waals surface area contributed by atoms with Gasteiger partial charge in [-0.1, -0.05) is 17.7 Å². The van der Waals surface area contributed by atoms with Crippen LogP contribution in [-0.4, -0.2) is 71.0 Å². The Morgan fingerprint density at radius 2 is 1.64 bits per heavy atom. The number of nitrogens with zero attached hydrogens (tertiary/aromatic N) is 2. The van der Waals surface area contributed by atoms with E-state index in [2.05, 4.69) is 15.6 Å². The van der Waals surface area contributed by atoms with E-state index in [9.17, 15) is 19.2 Å². The molecular weight excluding hydrogens is 558 g/mol. The van der Waals surface area contributed by atoms with E-state index in [1.165, 1.54) is 0 Å². The summed E-state index contributed by atoms with van der Waals surface area (Å²) in [5.74, 6) is -0.558. The predicted octanol–water partition coefficient (Wildman–Crippen LogP) is 4.88. The molecule has 2 aliphatic heterocycles. The van der Waals surface area contributed by atoms with Crippen molar-refractivity contribution >= 4 is 52.0 Å². The highest BCUT2D eigenvalue weighted by atomic mass is 35.5. The van der Waals surface area contributed by atoms with E-state index in [1.54, 1.807) is 79.2 Å². The number of carbonyl (C=O) groups excluding carboxylic acids is 4. The van der Waals surface area contributed by atoms with Crippen LogP contribution < -0.4 is 15.5 Å². The van der Waals surface area contributed by atoms with Crippen molar-refractivity contribution in [2.75, 3.05) is 24.5 Å². The number of hydrogen-bond donors (Lipinski definition) is 3. The Morgan fingerprint density at radius 3 is 2.36 bits per heavy atom. The van der Waals surface area contributed by atoms with Gasteiger partial charge < -0.3 is 30.2 Å². The molecule has 0 bridgehead atoms. The summed E-state index contributed by atoms with van der Waals surface area (Å²) < 4.78 is 5.56. The van der Waals surface area contributed by atoms with Crippen molar-refractivity contribution in [3.8, 4) is 0 Å². The van der Waals surface area contributed by atoms with Crippen LogP contribution in [0.2, 0.25) is 5.02 Å². The fourth-order valence-corrected chi connectivity index (χ4v) is 5.59. The first-order valence-electron chi connectivity index (χ1n) is 14.3. The number of carbonyl (C=O) groups is 4. The average Bonchev–Trinajstić information content (AvgIpc) is 3.33. The molecule has 2 aliphatic rings. The van der Waals surface area contributed by atoms with Crippen LogP contribution in [0.5, 0.6) is 0 Å². The number of rotatable bonds is 5. The maximum atomic E-state index is 13.4. The standard InChI is InChI=1S/C31H36ClN5O5/c1-31(2,3)42-30(41)36-15-13-24(34-29(40)20-9-12-22-23(32)17-33-25(22)16-20)26(18-36)35-28(39)19-7-10-21(11-8-19)37-14-5-4-6-27(37)38/h7-12,16-17,24,26,33H,4-6,13-15,18H2,1-3H3,(H,34,40)(H,35,39). The molecule has 2 atom stereocenters. The molecule has 1 aromatic heterocycles. The maximum Gasteiger partial charge on any atom is 0.410 e. The molecule has 3 N–H and O–H groups in total. The van der Waals surface area contributed by atoms with Gasteiger partial charge in [0.2, 0.25) is 5.91 Å². The van der Waals surface area contributed by atoms with Crippen molar-refractivity contribution in [2.45, 2.75) is 64.1 Å². The zero-order chi connectivity index (χ0) is 30.0. The van der Waals surface area contributed by atoms with Gasteiger partial charge in [-0.25, -0.2) is 4.79 Å². The summed E-state index contributed by atoms with van der Waals surface area (Å²) in [4.78, 5) is 58.2. The second-order valence-electron chi connectivity index (χ2n) is 11.8. The molecule has 0 radical (unpaired) electrons. The van der Waals surface area contributed by atoms with Gasteiger partial charge >= 0.3 is 6.09 Å². The van der Waals surface area contributed by atoms with Gasteiger partial charge in [-0.15, -0.1) is 0 Å². The van der Waals surface area contributed by atoms with E-state index in [0.29, 0.717) is 42.1 Å². The molecule has 0 saturated carbocycles. The van der Waals surface area contributed by atoms with Crippen molar-refractivity contribution in [3.63, 3.8) is 0 Å². The van der Waals surface area contributed by atoms with Gasteiger partial charge in [0.05, 0.1) is 17.1 Å². The molecule has 10 nitrogen and oxygen atoms in total. The summed E-state index contributed by atoms with van der Waals surface area (Å²) in [7, 11) is 0. The van der Waals surface area contributed by atoms with E-state index in [4.69, 9.17) is 16.3 Å². The van der Waals surface area contributed by atoms with E-state index >= 15 is 0 Å². The van der Waals surface area contributed by atoms with Gasteiger partial charge in [0.1, 0.15) is 5.60 Å². The van der Waals surface area contributed by atoms with Crippen LogP contribution in [0.4, 0.5) is 10.5 Å². The van der Waals surface area contributed by atoms with Crippen molar-refractivity contribution < 1.29 is 23.9 Å². The first-order chi connectivity index (χ1) is 20.0. The molecule has 2 fully saturated rings.